The van der Waals surface area contributed by atoms with Gasteiger partial charge in [-0.2, -0.15) is 15.1 Å². The minimum atomic E-state index is -0.383. The Balaban J connectivity index is 0.00000612. The molecule has 2 aromatic rings. The first-order valence-corrected chi connectivity index (χ1v) is 12.2. The molecule has 2 rings (SSSR count). The Labute approximate surface area is 223 Å². The zero-order chi connectivity index (χ0) is 24.8. The summed E-state index contributed by atoms with van der Waals surface area (Å²) in [5.41, 5.74) is 13.1. The number of hydrogen-bond donors (Lipinski definition) is 3. The van der Waals surface area contributed by atoms with Gasteiger partial charge in [-0.15, -0.1) is 29.1 Å². The fourth-order valence-electron chi connectivity index (χ4n) is 3.27. The first-order chi connectivity index (χ1) is 16.5. The summed E-state index contributed by atoms with van der Waals surface area (Å²) in [6.45, 7) is 7.96. The van der Waals surface area contributed by atoms with Crippen LogP contribution in [0.2, 0.25) is 0 Å². The minimum absolute atomic E-state index is 0. The van der Waals surface area contributed by atoms with Gasteiger partial charge in [-0.1, -0.05) is 19.8 Å². The van der Waals surface area contributed by atoms with Crippen LogP contribution in [0.25, 0.3) is 0 Å². The van der Waals surface area contributed by atoms with Crippen LogP contribution in [0.3, 0.4) is 0 Å². The number of anilines is 3. The first-order valence-electron chi connectivity index (χ1n) is 11.6. The van der Waals surface area contributed by atoms with Crippen molar-refractivity contribution in [1.29, 1.82) is 0 Å². The number of nitrogens with two attached hydrogens (primary N) is 2. The Bertz CT molecular complexity index is 932. The molecule has 202 valence electrons. The Morgan fingerprint density at radius 1 is 1.06 bits per heavy atom. The van der Waals surface area contributed by atoms with Gasteiger partial charge < -0.3 is 31.9 Å². The zero-order valence-corrected chi connectivity index (χ0v) is 22.4. The van der Waals surface area contributed by atoms with E-state index in [1.54, 1.807) is 31.2 Å². The highest BCUT2D eigenvalue weighted by molar-refractivity contribution is 6.18. The van der Waals surface area contributed by atoms with Crippen molar-refractivity contribution in [3.63, 3.8) is 0 Å². The van der Waals surface area contributed by atoms with Crippen LogP contribution in [-0.4, -0.2) is 65.0 Å². The number of halogens is 2. The number of azo groups is 1. The summed E-state index contributed by atoms with van der Waals surface area (Å²) < 4.78 is 4.98. The number of rotatable bonds is 15. The van der Waals surface area contributed by atoms with Gasteiger partial charge >= 0.3 is 5.97 Å². The molecule has 0 bridgehead atoms. The number of carbonyl (C=O) groups excluding carboxylic acids is 1. The van der Waals surface area contributed by atoms with Crippen molar-refractivity contribution < 1.29 is 15.0 Å². The Kier molecular flexibility index (Phi) is 17.1. The summed E-state index contributed by atoms with van der Waals surface area (Å²) >= 11 is 5.83. The summed E-state index contributed by atoms with van der Waals surface area (Å²) in [6.07, 6.45) is 4.35. The normalized spacial score (nSPS) is 10.7. The highest BCUT2D eigenvalue weighted by Crippen LogP contribution is 2.31. The van der Waals surface area contributed by atoms with E-state index in [9.17, 15) is 4.79 Å². The minimum Gasteiger partial charge on any atom is -0.462 e. The predicted octanol–water partition coefficient (Wildman–Crippen LogP) is 4.36. The van der Waals surface area contributed by atoms with Crippen molar-refractivity contribution in [2.45, 2.75) is 39.5 Å². The predicted molar refractivity (Wildman–Crippen MR) is 148 cm³/mol. The second-order valence-corrected chi connectivity index (χ2v) is 7.97. The fraction of sp³-hybridized carbons (Fsp3) is 0.522. The van der Waals surface area contributed by atoms with E-state index in [0.29, 0.717) is 41.8 Å². The quantitative estimate of drug-likeness (QED) is 0.128. The molecule has 0 atom stereocenters. The molecule has 0 fully saturated rings. The average molecular weight is 546 g/mol. The molecule has 0 amide bonds. The molecule has 13 heteroatoms. The maximum absolute atomic E-state index is 11.8. The monoisotopic (exact) mass is 544 g/mol. The number of ether oxygens (including phenoxy) is 1. The number of hydrogen-bond acceptors (Lipinski definition) is 10. The van der Waals surface area contributed by atoms with Crippen LogP contribution in [0.1, 0.15) is 49.9 Å². The fourth-order valence-corrected chi connectivity index (χ4v) is 3.51. The topological polar surface area (TPSA) is 176 Å². The van der Waals surface area contributed by atoms with E-state index in [4.69, 9.17) is 27.8 Å². The van der Waals surface area contributed by atoms with E-state index >= 15 is 0 Å². The molecular formula is C23H38Cl2N8O3. The van der Waals surface area contributed by atoms with Crippen molar-refractivity contribution >= 4 is 58.9 Å². The lowest BCUT2D eigenvalue weighted by Gasteiger charge is -2.18. The second kappa shape index (κ2) is 18.5. The smallest absolute Gasteiger partial charge is 0.338 e. The third kappa shape index (κ3) is 11.3. The highest BCUT2D eigenvalue weighted by Gasteiger charge is 2.11. The molecule has 1 aromatic heterocycles. The van der Waals surface area contributed by atoms with Crippen molar-refractivity contribution in [2.24, 2.45) is 10.2 Å². The van der Waals surface area contributed by atoms with E-state index in [2.05, 4.69) is 37.3 Å². The molecular weight excluding hydrogens is 507 g/mol. The molecule has 1 aromatic carbocycles. The first kappa shape index (κ1) is 33.3. The molecule has 0 saturated heterocycles. The van der Waals surface area contributed by atoms with Crippen LogP contribution in [-0.2, 0) is 4.74 Å². The van der Waals surface area contributed by atoms with Gasteiger partial charge in [0, 0.05) is 19.0 Å². The van der Waals surface area contributed by atoms with E-state index in [1.807, 2.05) is 0 Å². The standard InChI is InChI=1S/C23H35ClN8O2.ClH.H2O/c1-3-32(16-13-24)15-8-6-5-7-14-27-21-19(20(25)28-23(26)29-21)31-30-18-11-9-17(10-12-18)22(33)34-4-2;;/h9-12H,3-8,13-16H2,1-2H3,(H5,25,26,27,28,29);1H;1H2. The molecule has 11 nitrogen and oxygen atoms in total. The SMILES string of the molecule is CCOC(=O)c1ccc(N=Nc2c(N)nc(N)nc2NCCCCCCN(CC)CCCl)cc1.Cl.O. The maximum Gasteiger partial charge on any atom is 0.338 e. The molecule has 0 aliphatic carbocycles. The number of alkyl halides is 1. The third-order valence-electron chi connectivity index (χ3n) is 5.11. The molecule has 0 unspecified atom stereocenters. The molecule has 0 spiro atoms. The van der Waals surface area contributed by atoms with Crippen LogP contribution >= 0.6 is 24.0 Å². The van der Waals surface area contributed by atoms with Gasteiger partial charge in [0.25, 0.3) is 0 Å². The van der Waals surface area contributed by atoms with Gasteiger partial charge in [-0.05, 0) is 57.1 Å². The van der Waals surface area contributed by atoms with Gasteiger partial charge in [0.2, 0.25) is 5.95 Å². The third-order valence-corrected chi connectivity index (χ3v) is 5.28. The van der Waals surface area contributed by atoms with Gasteiger partial charge in [0.15, 0.2) is 17.3 Å². The van der Waals surface area contributed by atoms with Crippen molar-refractivity contribution in [1.82, 2.24) is 14.9 Å². The molecule has 1 heterocycles. The number of nitrogens with one attached hydrogen (secondary N) is 1. The van der Waals surface area contributed by atoms with Crippen LogP contribution < -0.4 is 16.8 Å². The van der Waals surface area contributed by atoms with Crippen LogP contribution in [0.15, 0.2) is 34.5 Å². The lowest BCUT2D eigenvalue weighted by atomic mass is 10.2. The maximum atomic E-state index is 11.8. The lowest BCUT2D eigenvalue weighted by Crippen LogP contribution is -2.26. The van der Waals surface area contributed by atoms with E-state index in [0.717, 1.165) is 45.3 Å². The number of nitrogen functional groups attached to an aromatic ring is 2. The van der Waals surface area contributed by atoms with Gasteiger partial charge in [0.05, 0.1) is 17.9 Å². The number of benzene rings is 1. The van der Waals surface area contributed by atoms with Crippen molar-refractivity contribution in [3.8, 4) is 0 Å². The summed E-state index contributed by atoms with van der Waals surface area (Å²) in [5.74, 6) is 0.932. The Morgan fingerprint density at radius 3 is 2.39 bits per heavy atom. The Morgan fingerprint density at radius 2 is 1.75 bits per heavy atom. The molecule has 0 aliphatic rings. The number of unbranched alkanes of at least 4 members (excludes halogenated alkanes) is 3. The highest BCUT2D eigenvalue weighted by atomic mass is 35.5. The summed E-state index contributed by atoms with van der Waals surface area (Å²) in [4.78, 5) is 22.4. The number of nitrogens with zero attached hydrogens (tertiary/aromatic N) is 5. The number of carbonyl (C=O) groups is 1. The molecule has 0 radical (unpaired) electrons. The summed E-state index contributed by atoms with van der Waals surface area (Å²) in [5, 5.41) is 11.7. The van der Waals surface area contributed by atoms with Gasteiger partial charge in [-0.25, -0.2) is 4.79 Å². The van der Waals surface area contributed by atoms with Crippen LogP contribution in [0.4, 0.5) is 29.0 Å². The average Bonchev–Trinajstić information content (AvgIpc) is 2.82. The van der Waals surface area contributed by atoms with Gasteiger partial charge in [-0.3, -0.25) is 0 Å². The van der Waals surface area contributed by atoms with E-state index in [-0.39, 0.29) is 35.6 Å². The molecule has 0 aliphatic heterocycles. The lowest BCUT2D eigenvalue weighted by molar-refractivity contribution is 0.0526. The van der Waals surface area contributed by atoms with Crippen LogP contribution in [0, 0.1) is 0 Å². The summed E-state index contributed by atoms with van der Waals surface area (Å²) in [6, 6.07) is 6.60. The number of esters is 1. The van der Waals surface area contributed by atoms with Crippen LogP contribution in [0.5, 0.6) is 0 Å². The zero-order valence-electron chi connectivity index (χ0n) is 20.9. The molecule has 0 saturated carbocycles. The molecule has 7 N–H and O–H groups in total. The second-order valence-electron chi connectivity index (χ2n) is 7.60. The Hall–Kier alpha value is -2.73. The number of aromatic nitrogens is 2. The van der Waals surface area contributed by atoms with E-state index in [1.165, 1.54) is 0 Å². The van der Waals surface area contributed by atoms with E-state index < -0.39 is 0 Å². The van der Waals surface area contributed by atoms with Crippen molar-refractivity contribution in [2.75, 3.05) is 55.5 Å². The summed E-state index contributed by atoms with van der Waals surface area (Å²) in [7, 11) is 0. The van der Waals surface area contributed by atoms with Gasteiger partial charge in [0.1, 0.15) is 0 Å². The van der Waals surface area contributed by atoms with Crippen molar-refractivity contribution in [3.05, 3.63) is 29.8 Å². The molecule has 36 heavy (non-hydrogen) atoms. The largest absolute Gasteiger partial charge is 0.462 e.